The lowest BCUT2D eigenvalue weighted by Crippen LogP contribution is -2.54. The van der Waals surface area contributed by atoms with Gasteiger partial charge in [-0.25, -0.2) is 4.39 Å². The van der Waals surface area contributed by atoms with E-state index in [0.29, 0.717) is 30.6 Å². The number of aromatic nitrogens is 2. The summed E-state index contributed by atoms with van der Waals surface area (Å²) < 4.78 is 13.1. The van der Waals surface area contributed by atoms with Crippen molar-refractivity contribution in [3.63, 3.8) is 0 Å². The minimum atomic E-state index is -1.20. The Morgan fingerprint density at radius 2 is 2.00 bits per heavy atom. The third-order valence-corrected chi connectivity index (χ3v) is 4.31. The van der Waals surface area contributed by atoms with Gasteiger partial charge in [0.25, 0.3) is 11.8 Å². The van der Waals surface area contributed by atoms with Crippen LogP contribution in [0.25, 0.3) is 0 Å². The summed E-state index contributed by atoms with van der Waals surface area (Å²) in [5, 5.41) is 2.63. The first-order chi connectivity index (χ1) is 11.6. The van der Waals surface area contributed by atoms with Crippen LogP contribution in [-0.2, 0) is 10.3 Å². The van der Waals surface area contributed by atoms with Gasteiger partial charge in [0.1, 0.15) is 5.82 Å². The minimum absolute atomic E-state index is 0.309. The zero-order valence-electron chi connectivity index (χ0n) is 13.2. The molecule has 2 heterocycles. The first-order valence-corrected chi connectivity index (χ1v) is 7.66. The fourth-order valence-electron chi connectivity index (χ4n) is 3.18. The number of benzene rings is 1. The van der Waals surface area contributed by atoms with E-state index in [1.165, 1.54) is 54.8 Å². The predicted molar refractivity (Wildman–Crippen MR) is 84.4 cm³/mol. The molecule has 124 valence electrons. The maximum Gasteiger partial charge on any atom is 0.255 e. The maximum absolute atomic E-state index is 13.1. The molecule has 0 bridgehead atoms. The van der Waals surface area contributed by atoms with Crippen LogP contribution in [0.5, 0.6) is 0 Å². The third kappa shape index (κ3) is 2.51. The Hall–Kier alpha value is -2.83. The van der Waals surface area contributed by atoms with Gasteiger partial charge < -0.3 is 10.2 Å². The van der Waals surface area contributed by atoms with E-state index in [-0.39, 0.29) is 11.8 Å². The van der Waals surface area contributed by atoms with E-state index >= 15 is 0 Å². The summed E-state index contributed by atoms with van der Waals surface area (Å²) in [6.45, 7) is 0.417. The smallest absolute Gasteiger partial charge is 0.255 e. The quantitative estimate of drug-likeness (QED) is 0.926. The molecule has 3 rings (SSSR count). The van der Waals surface area contributed by atoms with Crippen molar-refractivity contribution in [3.05, 3.63) is 59.9 Å². The van der Waals surface area contributed by atoms with Crippen LogP contribution < -0.4 is 5.32 Å². The van der Waals surface area contributed by atoms with E-state index in [1.807, 2.05) is 0 Å². The number of nitrogens with zero attached hydrogens (tertiary/aromatic N) is 3. The number of likely N-dealkylation sites (tertiary alicyclic amines) is 1. The van der Waals surface area contributed by atoms with Crippen LogP contribution in [0.15, 0.2) is 42.9 Å². The molecule has 2 aromatic rings. The van der Waals surface area contributed by atoms with Crippen molar-refractivity contribution >= 4 is 11.8 Å². The average Bonchev–Trinajstić information content (AvgIpc) is 3.08. The minimum Gasteiger partial charge on any atom is -0.357 e. The summed E-state index contributed by atoms with van der Waals surface area (Å²) in [6, 6.07) is 5.29. The highest BCUT2D eigenvalue weighted by Gasteiger charge is 2.52. The van der Waals surface area contributed by atoms with Crippen LogP contribution in [0, 0.1) is 5.82 Å². The zero-order chi connectivity index (χ0) is 17.2. The molecule has 1 fully saturated rings. The number of hydrogen-bond acceptors (Lipinski definition) is 4. The summed E-state index contributed by atoms with van der Waals surface area (Å²) in [5.74, 6) is -1.06. The van der Waals surface area contributed by atoms with E-state index < -0.39 is 11.4 Å². The van der Waals surface area contributed by atoms with Gasteiger partial charge in [0.2, 0.25) is 0 Å². The lowest BCUT2D eigenvalue weighted by atomic mass is 9.90. The molecule has 1 N–H and O–H groups in total. The van der Waals surface area contributed by atoms with Gasteiger partial charge in [0, 0.05) is 31.5 Å². The number of rotatable bonds is 3. The summed E-state index contributed by atoms with van der Waals surface area (Å²) >= 11 is 0. The molecule has 1 atom stereocenters. The normalized spacial score (nSPS) is 20.0. The van der Waals surface area contributed by atoms with Crippen molar-refractivity contribution in [2.24, 2.45) is 0 Å². The highest BCUT2D eigenvalue weighted by molar-refractivity contribution is 6.00. The zero-order valence-corrected chi connectivity index (χ0v) is 13.2. The largest absolute Gasteiger partial charge is 0.357 e. The molecule has 0 aliphatic carbocycles. The molecule has 1 saturated heterocycles. The fraction of sp³-hybridized carbons (Fsp3) is 0.294. The van der Waals surface area contributed by atoms with Gasteiger partial charge in [0.05, 0.1) is 11.9 Å². The molecule has 1 aromatic carbocycles. The average molecular weight is 328 g/mol. The molecule has 1 aliphatic heterocycles. The second-order valence-corrected chi connectivity index (χ2v) is 5.60. The standard InChI is InChI=1S/C17H17FN4O2/c1-19-16(24)17(14-11-20-8-9-21-14)7-2-10-22(17)15(23)12-3-5-13(18)6-4-12/h3-6,8-9,11H,2,7,10H2,1H3,(H,19,24)/t17-/m0/s1. The molecular formula is C17H17FN4O2. The van der Waals surface area contributed by atoms with Crippen molar-refractivity contribution in [1.82, 2.24) is 20.2 Å². The third-order valence-electron chi connectivity index (χ3n) is 4.31. The first-order valence-electron chi connectivity index (χ1n) is 7.66. The highest BCUT2D eigenvalue weighted by Crippen LogP contribution is 2.39. The van der Waals surface area contributed by atoms with Gasteiger partial charge >= 0.3 is 0 Å². The molecule has 0 saturated carbocycles. The van der Waals surface area contributed by atoms with Crippen molar-refractivity contribution in [2.75, 3.05) is 13.6 Å². The van der Waals surface area contributed by atoms with Crippen LogP contribution >= 0.6 is 0 Å². The Morgan fingerprint density at radius 1 is 1.25 bits per heavy atom. The van der Waals surface area contributed by atoms with Gasteiger partial charge in [-0.05, 0) is 37.1 Å². The fourth-order valence-corrected chi connectivity index (χ4v) is 3.18. The van der Waals surface area contributed by atoms with Crippen molar-refractivity contribution in [2.45, 2.75) is 18.4 Å². The first kappa shape index (κ1) is 16.0. The van der Waals surface area contributed by atoms with Gasteiger partial charge in [0.15, 0.2) is 5.54 Å². The predicted octanol–water partition coefficient (Wildman–Crippen LogP) is 1.49. The van der Waals surface area contributed by atoms with Gasteiger partial charge in [-0.15, -0.1) is 0 Å². The number of carbonyl (C=O) groups excluding carboxylic acids is 2. The molecule has 0 unspecified atom stereocenters. The Labute approximate surface area is 138 Å². The second-order valence-electron chi connectivity index (χ2n) is 5.60. The molecule has 6 nitrogen and oxygen atoms in total. The number of hydrogen-bond donors (Lipinski definition) is 1. The molecule has 1 aromatic heterocycles. The van der Waals surface area contributed by atoms with E-state index in [4.69, 9.17) is 0 Å². The Kier molecular flexibility index (Phi) is 4.24. The topological polar surface area (TPSA) is 75.2 Å². The molecule has 0 radical (unpaired) electrons. The summed E-state index contributed by atoms with van der Waals surface area (Å²) in [5.41, 5.74) is -0.443. The number of likely N-dealkylation sites (N-methyl/N-ethyl adjacent to an activating group) is 1. The van der Waals surface area contributed by atoms with Crippen LogP contribution in [0.1, 0.15) is 28.9 Å². The Bertz CT molecular complexity index is 751. The highest BCUT2D eigenvalue weighted by atomic mass is 19.1. The summed E-state index contributed by atoms with van der Waals surface area (Å²) in [6.07, 6.45) is 5.64. The molecule has 2 amide bonds. The maximum atomic E-state index is 13.1. The van der Waals surface area contributed by atoms with Gasteiger partial charge in [-0.2, -0.15) is 0 Å². The van der Waals surface area contributed by atoms with Crippen LogP contribution in [0.2, 0.25) is 0 Å². The van der Waals surface area contributed by atoms with Crippen LogP contribution in [0.3, 0.4) is 0 Å². The summed E-state index contributed by atoms with van der Waals surface area (Å²) in [4.78, 5) is 35.5. The van der Waals surface area contributed by atoms with Crippen LogP contribution in [-0.4, -0.2) is 40.3 Å². The molecule has 1 aliphatic rings. The monoisotopic (exact) mass is 328 g/mol. The van der Waals surface area contributed by atoms with E-state index in [2.05, 4.69) is 15.3 Å². The molecular weight excluding hydrogens is 311 g/mol. The number of nitrogens with one attached hydrogen (secondary N) is 1. The molecule has 24 heavy (non-hydrogen) atoms. The van der Waals surface area contributed by atoms with E-state index in [9.17, 15) is 14.0 Å². The lowest BCUT2D eigenvalue weighted by molar-refractivity contribution is -0.131. The Balaban J connectivity index is 2.06. The summed E-state index contributed by atoms with van der Waals surface area (Å²) in [7, 11) is 1.53. The van der Waals surface area contributed by atoms with Gasteiger partial charge in [-0.1, -0.05) is 0 Å². The second kappa shape index (κ2) is 6.35. The SMILES string of the molecule is CNC(=O)[C@@]1(c2cnccn2)CCCN1C(=O)c1ccc(F)cc1. The number of carbonyl (C=O) groups is 2. The van der Waals surface area contributed by atoms with E-state index in [0.717, 1.165) is 0 Å². The van der Waals surface area contributed by atoms with Crippen molar-refractivity contribution in [1.29, 1.82) is 0 Å². The Morgan fingerprint density at radius 3 is 2.62 bits per heavy atom. The number of halogens is 1. The van der Waals surface area contributed by atoms with Gasteiger partial charge in [-0.3, -0.25) is 19.6 Å². The molecule has 7 heteroatoms. The lowest BCUT2D eigenvalue weighted by Gasteiger charge is -2.36. The van der Waals surface area contributed by atoms with Crippen molar-refractivity contribution < 1.29 is 14.0 Å². The van der Waals surface area contributed by atoms with Crippen molar-refractivity contribution in [3.8, 4) is 0 Å². The van der Waals surface area contributed by atoms with E-state index in [1.54, 1.807) is 0 Å². The number of amides is 2. The van der Waals surface area contributed by atoms with Crippen LogP contribution in [0.4, 0.5) is 4.39 Å². The molecule has 0 spiro atoms.